The Morgan fingerprint density at radius 3 is 3.00 bits per heavy atom. The van der Waals surface area contributed by atoms with Gasteiger partial charge in [-0.05, 0) is 0 Å². The molecule has 0 saturated carbocycles. The average Bonchev–Trinajstić information content (AvgIpc) is 2.56. The molecule has 0 aliphatic heterocycles. The predicted octanol–water partition coefficient (Wildman–Crippen LogP) is 0.980. The summed E-state index contributed by atoms with van der Waals surface area (Å²) in [5.41, 5.74) is 5.87. The number of thiophene rings is 1. The molecule has 0 aliphatic rings. The van der Waals surface area contributed by atoms with Crippen LogP contribution in [0.3, 0.4) is 0 Å². The molecule has 2 aromatic rings. The first kappa shape index (κ1) is 9.66. The van der Waals surface area contributed by atoms with E-state index in [0.29, 0.717) is 16.0 Å². The first-order valence-electron chi connectivity index (χ1n) is 3.96. The minimum absolute atomic E-state index is 0.0591. The highest BCUT2D eigenvalue weighted by Crippen LogP contribution is 2.37. The Morgan fingerprint density at radius 2 is 2.40 bits per heavy atom. The number of rotatable bonds is 2. The van der Waals surface area contributed by atoms with E-state index in [0.717, 1.165) is 11.3 Å². The maximum atomic E-state index is 10.8. The zero-order valence-corrected chi connectivity index (χ0v) is 8.54. The molecule has 15 heavy (non-hydrogen) atoms. The van der Waals surface area contributed by atoms with Crippen molar-refractivity contribution in [2.75, 3.05) is 12.8 Å². The Hall–Kier alpha value is -1.89. The van der Waals surface area contributed by atoms with E-state index < -0.39 is 5.97 Å². The summed E-state index contributed by atoms with van der Waals surface area (Å²) >= 11 is 0.983. The number of aromatic carboxylic acids is 1. The van der Waals surface area contributed by atoms with Gasteiger partial charge in [-0.2, -0.15) is 5.10 Å². The molecule has 6 nitrogen and oxygen atoms in total. The second kappa shape index (κ2) is 3.35. The van der Waals surface area contributed by atoms with Crippen LogP contribution in [0, 0.1) is 0 Å². The molecule has 0 spiro atoms. The first-order chi connectivity index (χ1) is 7.15. The summed E-state index contributed by atoms with van der Waals surface area (Å²) < 4.78 is 5.03. The van der Waals surface area contributed by atoms with Crippen LogP contribution in [0.5, 0.6) is 5.75 Å². The summed E-state index contributed by atoms with van der Waals surface area (Å²) in [6.45, 7) is 0. The number of anilines is 1. The lowest BCUT2D eigenvalue weighted by Gasteiger charge is -2.00. The molecule has 0 aromatic carbocycles. The molecule has 2 heterocycles. The molecule has 78 valence electrons. The van der Waals surface area contributed by atoms with Crippen LogP contribution < -0.4 is 10.5 Å². The molecule has 0 amide bonds. The second-order valence-corrected chi connectivity index (χ2v) is 3.74. The van der Waals surface area contributed by atoms with Crippen LogP contribution in [0.1, 0.15) is 9.67 Å². The molecule has 0 fully saturated rings. The van der Waals surface area contributed by atoms with Crippen molar-refractivity contribution in [1.82, 2.24) is 10.2 Å². The van der Waals surface area contributed by atoms with Gasteiger partial charge in [0.1, 0.15) is 4.88 Å². The lowest BCUT2D eigenvalue weighted by molar-refractivity contribution is 0.0703. The molecular formula is C8H7N3O3S. The average molecular weight is 225 g/mol. The van der Waals surface area contributed by atoms with Crippen LogP contribution in [0.25, 0.3) is 10.2 Å². The zero-order valence-electron chi connectivity index (χ0n) is 7.72. The Labute approximate surface area is 88.3 Å². The third kappa shape index (κ3) is 1.37. The summed E-state index contributed by atoms with van der Waals surface area (Å²) in [4.78, 5) is 11.4. The van der Waals surface area contributed by atoms with E-state index in [9.17, 15) is 4.79 Å². The molecule has 0 saturated heterocycles. The fourth-order valence-corrected chi connectivity index (χ4v) is 2.15. The number of nitrogen functional groups attached to an aromatic ring is 1. The molecule has 2 aromatic heterocycles. The topological polar surface area (TPSA) is 98.3 Å². The van der Waals surface area contributed by atoms with E-state index in [2.05, 4.69) is 10.2 Å². The van der Waals surface area contributed by atoms with E-state index >= 15 is 0 Å². The maximum absolute atomic E-state index is 10.8. The molecule has 7 heteroatoms. The van der Waals surface area contributed by atoms with E-state index in [1.54, 1.807) is 0 Å². The van der Waals surface area contributed by atoms with Crippen molar-refractivity contribution >= 4 is 33.2 Å². The third-order valence-corrected chi connectivity index (χ3v) is 2.99. The number of hydrogen-bond donors (Lipinski definition) is 2. The van der Waals surface area contributed by atoms with Crippen LogP contribution in [0.4, 0.5) is 5.69 Å². The number of ether oxygens (including phenoxy) is 1. The minimum atomic E-state index is -1.07. The van der Waals surface area contributed by atoms with E-state index in [1.807, 2.05) is 0 Å². The number of fused-ring (bicyclic) bond motifs is 1. The van der Waals surface area contributed by atoms with Crippen LogP contribution in [0.2, 0.25) is 0 Å². The largest absolute Gasteiger partial charge is 0.494 e. The molecule has 0 bridgehead atoms. The van der Waals surface area contributed by atoms with Gasteiger partial charge in [0.15, 0.2) is 10.6 Å². The van der Waals surface area contributed by atoms with Gasteiger partial charge in [0, 0.05) is 0 Å². The second-order valence-electron chi connectivity index (χ2n) is 2.74. The van der Waals surface area contributed by atoms with Crippen molar-refractivity contribution in [3.63, 3.8) is 0 Å². The number of nitrogens with zero attached hydrogens (tertiary/aromatic N) is 2. The van der Waals surface area contributed by atoms with Crippen molar-refractivity contribution in [3.05, 3.63) is 11.1 Å². The Kier molecular flexibility index (Phi) is 2.16. The summed E-state index contributed by atoms with van der Waals surface area (Å²) in [6, 6.07) is 0. The van der Waals surface area contributed by atoms with Gasteiger partial charge < -0.3 is 15.6 Å². The fraction of sp³-hybridized carbons (Fsp3) is 0.125. The van der Waals surface area contributed by atoms with Gasteiger partial charge in [-0.1, -0.05) is 0 Å². The minimum Gasteiger partial charge on any atom is -0.494 e. The summed E-state index contributed by atoms with van der Waals surface area (Å²) in [5, 5.41) is 16.9. The van der Waals surface area contributed by atoms with Gasteiger partial charge in [0.05, 0.1) is 24.4 Å². The van der Waals surface area contributed by atoms with Gasteiger partial charge in [-0.25, -0.2) is 4.79 Å². The predicted molar refractivity (Wildman–Crippen MR) is 55.3 cm³/mol. The third-order valence-electron chi connectivity index (χ3n) is 1.91. The van der Waals surface area contributed by atoms with Crippen molar-refractivity contribution in [2.45, 2.75) is 0 Å². The highest BCUT2D eigenvalue weighted by atomic mass is 32.1. The smallest absolute Gasteiger partial charge is 0.348 e. The van der Waals surface area contributed by atoms with Gasteiger partial charge in [0.25, 0.3) is 0 Å². The number of aromatic nitrogens is 2. The summed E-state index contributed by atoms with van der Waals surface area (Å²) in [7, 11) is 1.47. The van der Waals surface area contributed by atoms with E-state index in [-0.39, 0.29) is 10.6 Å². The first-order valence-corrected chi connectivity index (χ1v) is 4.77. The quantitative estimate of drug-likeness (QED) is 0.790. The summed E-state index contributed by atoms with van der Waals surface area (Å²) in [5.74, 6) is -0.640. The van der Waals surface area contributed by atoms with Crippen molar-refractivity contribution in [2.24, 2.45) is 0 Å². The number of carbonyl (C=O) groups is 1. The van der Waals surface area contributed by atoms with Gasteiger partial charge >= 0.3 is 5.97 Å². The van der Waals surface area contributed by atoms with Crippen LogP contribution >= 0.6 is 11.3 Å². The molecule has 0 aliphatic carbocycles. The Balaban J connectivity index is 2.82. The number of carboxylic acids is 1. The maximum Gasteiger partial charge on any atom is 0.348 e. The lowest BCUT2D eigenvalue weighted by atomic mass is 10.2. The van der Waals surface area contributed by atoms with E-state index in [4.69, 9.17) is 15.6 Å². The van der Waals surface area contributed by atoms with Gasteiger partial charge in [0.2, 0.25) is 0 Å². The molecule has 0 radical (unpaired) electrons. The van der Waals surface area contributed by atoms with Gasteiger partial charge in [-0.15, -0.1) is 16.4 Å². The fourth-order valence-electron chi connectivity index (χ4n) is 1.25. The number of methoxy groups -OCH3 is 1. The molecular weight excluding hydrogens is 218 g/mol. The van der Waals surface area contributed by atoms with Crippen LogP contribution in [-0.2, 0) is 0 Å². The lowest BCUT2D eigenvalue weighted by Crippen LogP contribution is -1.97. The van der Waals surface area contributed by atoms with Gasteiger partial charge in [-0.3, -0.25) is 0 Å². The number of carboxylic acid groups (broad SMARTS) is 1. The zero-order chi connectivity index (χ0) is 11.0. The SMILES string of the molecule is COc1cnnc2sc(C(=O)O)c(N)c12. The van der Waals surface area contributed by atoms with E-state index in [1.165, 1.54) is 13.3 Å². The number of nitrogens with two attached hydrogens (primary N) is 1. The van der Waals surface area contributed by atoms with Crippen LogP contribution in [0.15, 0.2) is 6.20 Å². The molecule has 3 N–H and O–H groups in total. The van der Waals surface area contributed by atoms with Crippen molar-refractivity contribution in [3.8, 4) is 5.75 Å². The Bertz CT molecular complexity index is 537. The molecule has 0 unspecified atom stereocenters. The monoisotopic (exact) mass is 225 g/mol. The Morgan fingerprint density at radius 1 is 1.67 bits per heavy atom. The highest BCUT2D eigenvalue weighted by Gasteiger charge is 2.19. The van der Waals surface area contributed by atoms with Crippen LogP contribution in [-0.4, -0.2) is 28.4 Å². The summed E-state index contributed by atoms with van der Waals surface area (Å²) in [6.07, 6.45) is 1.40. The highest BCUT2D eigenvalue weighted by molar-refractivity contribution is 7.21. The number of hydrogen-bond acceptors (Lipinski definition) is 6. The molecule has 2 rings (SSSR count). The molecule has 0 atom stereocenters. The van der Waals surface area contributed by atoms with Crippen molar-refractivity contribution in [1.29, 1.82) is 0 Å². The standard InChI is InChI=1S/C8H7N3O3S/c1-14-3-2-10-11-7-4(3)5(9)6(15-7)8(12)13/h2H,9H2,1H3,(H,12,13). The van der Waals surface area contributed by atoms with Crippen molar-refractivity contribution < 1.29 is 14.6 Å². The normalized spacial score (nSPS) is 10.5.